The number of ether oxygens (including phenoxy) is 1. The van der Waals surface area contributed by atoms with Gasteiger partial charge in [0.25, 0.3) is 0 Å². The molecule has 0 atom stereocenters. The lowest BCUT2D eigenvalue weighted by Crippen LogP contribution is -2.41. The molecule has 1 aliphatic rings. The van der Waals surface area contributed by atoms with Crippen molar-refractivity contribution in [2.75, 3.05) is 32.8 Å². The number of nitrogens with zero attached hydrogens (tertiary/aromatic N) is 2. The van der Waals surface area contributed by atoms with Crippen LogP contribution in [0.25, 0.3) is 0 Å². The smallest absolute Gasteiger partial charge is 0.224 e. The van der Waals surface area contributed by atoms with Crippen LogP contribution in [0.3, 0.4) is 0 Å². The molecule has 106 valence electrons. The molecule has 0 bridgehead atoms. The molecular formula is C15H19N3O2. The number of morpholine rings is 1. The summed E-state index contributed by atoms with van der Waals surface area (Å²) >= 11 is 0. The van der Waals surface area contributed by atoms with Crippen molar-refractivity contribution in [3.05, 3.63) is 35.4 Å². The monoisotopic (exact) mass is 273 g/mol. The fraction of sp³-hybridized carbons (Fsp3) is 0.467. The summed E-state index contributed by atoms with van der Waals surface area (Å²) in [6.45, 7) is 3.99. The number of nitriles is 1. The first-order valence-electron chi connectivity index (χ1n) is 6.85. The van der Waals surface area contributed by atoms with Gasteiger partial charge in [-0.1, -0.05) is 12.1 Å². The van der Waals surface area contributed by atoms with E-state index >= 15 is 0 Å². The molecule has 1 N–H and O–H groups in total. The van der Waals surface area contributed by atoms with Crippen LogP contribution in [0.2, 0.25) is 0 Å². The second kappa shape index (κ2) is 7.63. The molecule has 0 radical (unpaired) electrons. The molecule has 1 amide bonds. The van der Waals surface area contributed by atoms with Crippen LogP contribution in [-0.4, -0.2) is 43.7 Å². The predicted molar refractivity (Wildman–Crippen MR) is 74.9 cm³/mol. The van der Waals surface area contributed by atoms with Gasteiger partial charge < -0.3 is 15.0 Å². The zero-order valence-electron chi connectivity index (χ0n) is 11.5. The Hall–Kier alpha value is -1.90. The minimum atomic E-state index is 0.173. The molecule has 0 spiro atoms. The van der Waals surface area contributed by atoms with E-state index in [-0.39, 0.29) is 5.91 Å². The lowest BCUT2D eigenvalue weighted by atomic mass is 10.1. The van der Waals surface area contributed by atoms with Gasteiger partial charge in [-0.05, 0) is 17.7 Å². The summed E-state index contributed by atoms with van der Waals surface area (Å²) < 4.78 is 5.22. The van der Waals surface area contributed by atoms with Crippen LogP contribution >= 0.6 is 0 Å². The van der Waals surface area contributed by atoms with Crippen LogP contribution in [-0.2, 0) is 16.1 Å². The third-order valence-electron chi connectivity index (χ3n) is 3.26. The maximum Gasteiger partial charge on any atom is 0.224 e. The minimum absolute atomic E-state index is 0.173. The van der Waals surface area contributed by atoms with Gasteiger partial charge in [0.05, 0.1) is 24.8 Å². The number of hydrogen-bond acceptors (Lipinski definition) is 4. The van der Waals surface area contributed by atoms with E-state index in [4.69, 9.17) is 10.00 Å². The summed E-state index contributed by atoms with van der Waals surface area (Å²) in [5.41, 5.74) is 1.72. The first kappa shape index (κ1) is 14.5. The van der Waals surface area contributed by atoms with Crippen molar-refractivity contribution < 1.29 is 9.53 Å². The lowest BCUT2D eigenvalue weighted by Gasteiger charge is -2.26. The van der Waals surface area contributed by atoms with E-state index in [1.165, 1.54) is 0 Å². The van der Waals surface area contributed by atoms with Crippen molar-refractivity contribution in [1.29, 1.82) is 5.26 Å². The van der Waals surface area contributed by atoms with Gasteiger partial charge in [0.1, 0.15) is 0 Å². The Bertz CT molecular complexity index is 490. The Morgan fingerprint density at radius 1 is 1.40 bits per heavy atom. The fourth-order valence-electron chi connectivity index (χ4n) is 2.15. The highest BCUT2D eigenvalue weighted by molar-refractivity contribution is 5.76. The van der Waals surface area contributed by atoms with Gasteiger partial charge in [-0.25, -0.2) is 0 Å². The Morgan fingerprint density at radius 2 is 2.20 bits per heavy atom. The Labute approximate surface area is 119 Å². The number of nitrogens with one attached hydrogen (secondary N) is 1. The Balaban J connectivity index is 1.68. The topological polar surface area (TPSA) is 65.4 Å². The molecule has 5 nitrogen and oxygen atoms in total. The van der Waals surface area contributed by atoms with Gasteiger partial charge in [0.15, 0.2) is 0 Å². The SMILES string of the molecule is N#Cc1cccc(CNCCC(=O)N2CCOCC2)c1. The van der Waals surface area contributed by atoms with Gasteiger partial charge in [0.2, 0.25) is 5.91 Å². The quantitative estimate of drug-likeness (QED) is 0.809. The van der Waals surface area contributed by atoms with Crippen molar-refractivity contribution >= 4 is 5.91 Å². The molecule has 1 aliphatic heterocycles. The molecule has 1 aromatic rings. The number of hydrogen-bond donors (Lipinski definition) is 1. The standard InChI is InChI=1S/C15H19N3O2/c16-11-13-2-1-3-14(10-13)12-17-5-4-15(19)18-6-8-20-9-7-18/h1-3,10,17H,4-9,12H2. The van der Waals surface area contributed by atoms with Gasteiger partial charge in [-0.15, -0.1) is 0 Å². The lowest BCUT2D eigenvalue weighted by molar-refractivity contribution is -0.135. The Kier molecular flexibility index (Phi) is 5.54. The molecule has 0 saturated carbocycles. The highest BCUT2D eigenvalue weighted by Gasteiger charge is 2.15. The third-order valence-corrected chi connectivity index (χ3v) is 3.26. The summed E-state index contributed by atoms with van der Waals surface area (Å²) in [7, 11) is 0. The van der Waals surface area contributed by atoms with Crippen LogP contribution in [0.5, 0.6) is 0 Å². The predicted octanol–water partition coefficient (Wildman–Crippen LogP) is 0.897. The molecule has 2 rings (SSSR count). The second-order valence-corrected chi connectivity index (χ2v) is 4.73. The number of carbonyl (C=O) groups is 1. The van der Waals surface area contributed by atoms with Crippen molar-refractivity contribution in [2.45, 2.75) is 13.0 Å². The molecule has 1 heterocycles. The second-order valence-electron chi connectivity index (χ2n) is 4.73. The van der Waals surface area contributed by atoms with Gasteiger partial charge in [-0.3, -0.25) is 4.79 Å². The van der Waals surface area contributed by atoms with E-state index in [1.807, 2.05) is 23.1 Å². The third kappa shape index (κ3) is 4.34. The molecule has 1 saturated heterocycles. The highest BCUT2D eigenvalue weighted by atomic mass is 16.5. The van der Waals surface area contributed by atoms with Crippen LogP contribution in [0.1, 0.15) is 17.5 Å². The largest absolute Gasteiger partial charge is 0.378 e. The van der Waals surface area contributed by atoms with Crippen LogP contribution < -0.4 is 5.32 Å². The van der Waals surface area contributed by atoms with Crippen molar-refractivity contribution in [3.63, 3.8) is 0 Å². The number of amides is 1. The van der Waals surface area contributed by atoms with Crippen LogP contribution in [0.4, 0.5) is 0 Å². The molecule has 5 heteroatoms. The van der Waals surface area contributed by atoms with E-state index in [2.05, 4.69) is 11.4 Å². The van der Waals surface area contributed by atoms with Gasteiger partial charge >= 0.3 is 0 Å². The summed E-state index contributed by atoms with van der Waals surface area (Å²) in [4.78, 5) is 13.7. The average Bonchev–Trinajstić information content (AvgIpc) is 2.52. The van der Waals surface area contributed by atoms with Gasteiger partial charge in [0, 0.05) is 32.6 Å². The maximum atomic E-state index is 11.9. The van der Waals surface area contributed by atoms with Crippen LogP contribution in [0, 0.1) is 11.3 Å². The first-order valence-corrected chi connectivity index (χ1v) is 6.85. The number of benzene rings is 1. The summed E-state index contributed by atoms with van der Waals surface area (Å²) in [6.07, 6.45) is 0.498. The zero-order chi connectivity index (χ0) is 14.2. The Morgan fingerprint density at radius 3 is 2.95 bits per heavy atom. The molecular weight excluding hydrogens is 254 g/mol. The molecule has 0 aromatic heterocycles. The summed E-state index contributed by atoms with van der Waals surface area (Å²) in [5.74, 6) is 0.173. The first-order chi connectivity index (χ1) is 9.79. The van der Waals surface area contributed by atoms with E-state index in [1.54, 1.807) is 6.07 Å². The van der Waals surface area contributed by atoms with E-state index in [0.717, 1.165) is 5.56 Å². The molecule has 1 fully saturated rings. The van der Waals surface area contributed by atoms with Crippen molar-refractivity contribution in [3.8, 4) is 6.07 Å². The van der Waals surface area contributed by atoms with E-state index in [0.29, 0.717) is 51.4 Å². The van der Waals surface area contributed by atoms with Crippen molar-refractivity contribution in [2.24, 2.45) is 0 Å². The molecule has 0 aliphatic carbocycles. The zero-order valence-corrected chi connectivity index (χ0v) is 11.5. The average molecular weight is 273 g/mol. The van der Waals surface area contributed by atoms with Crippen molar-refractivity contribution in [1.82, 2.24) is 10.2 Å². The molecule has 0 unspecified atom stereocenters. The summed E-state index contributed by atoms with van der Waals surface area (Å²) in [6, 6.07) is 9.60. The van der Waals surface area contributed by atoms with Crippen LogP contribution in [0.15, 0.2) is 24.3 Å². The highest BCUT2D eigenvalue weighted by Crippen LogP contribution is 2.04. The van der Waals surface area contributed by atoms with E-state index < -0.39 is 0 Å². The summed E-state index contributed by atoms with van der Waals surface area (Å²) in [5, 5.41) is 12.1. The number of rotatable bonds is 5. The minimum Gasteiger partial charge on any atom is -0.378 e. The fourth-order valence-corrected chi connectivity index (χ4v) is 2.15. The number of carbonyl (C=O) groups excluding carboxylic acids is 1. The van der Waals surface area contributed by atoms with Gasteiger partial charge in [-0.2, -0.15) is 5.26 Å². The maximum absolute atomic E-state index is 11.9. The van der Waals surface area contributed by atoms with E-state index in [9.17, 15) is 4.79 Å². The normalized spacial score (nSPS) is 14.8. The molecule has 1 aromatic carbocycles. The molecule has 20 heavy (non-hydrogen) atoms.